The van der Waals surface area contributed by atoms with Gasteiger partial charge in [-0.3, -0.25) is 0 Å². The Morgan fingerprint density at radius 1 is 1.42 bits per heavy atom. The van der Waals surface area contributed by atoms with Gasteiger partial charge in [-0.1, -0.05) is 17.7 Å². The van der Waals surface area contributed by atoms with Crippen LogP contribution in [-0.2, 0) is 16.1 Å². The molecule has 1 aliphatic heterocycles. The third-order valence-electron chi connectivity index (χ3n) is 3.52. The number of ether oxygens (including phenoxy) is 1. The molecule has 0 saturated carbocycles. The normalized spacial score (nSPS) is 23.0. The van der Waals surface area contributed by atoms with E-state index >= 15 is 0 Å². The molecule has 0 spiro atoms. The summed E-state index contributed by atoms with van der Waals surface area (Å²) in [6, 6.07) is 7.78. The number of carboxylic acid groups (broad SMARTS) is 1. The van der Waals surface area contributed by atoms with E-state index in [2.05, 4.69) is 4.57 Å². The fourth-order valence-corrected chi connectivity index (χ4v) is 2.72. The Hall–Kier alpha value is -1.52. The molecule has 0 aliphatic carbocycles. The maximum absolute atomic E-state index is 10.9. The summed E-state index contributed by atoms with van der Waals surface area (Å²) in [6.07, 6.45) is 2.64. The van der Waals surface area contributed by atoms with Crippen molar-refractivity contribution in [2.24, 2.45) is 0 Å². The molecule has 1 saturated heterocycles. The first-order chi connectivity index (χ1) is 9.13. The predicted molar refractivity (Wildman–Crippen MR) is 72.5 cm³/mol. The first-order valence-corrected chi connectivity index (χ1v) is 6.64. The van der Waals surface area contributed by atoms with Crippen molar-refractivity contribution in [1.82, 2.24) is 4.57 Å². The predicted octanol–water partition coefficient (Wildman–Crippen LogP) is 2.93. The van der Waals surface area contributed by atoms with Crippen LogP contribution in [0.15, 0.2) is 30.5 Å². The average Bonchev–Trinajstić information content (AvgIpc) is 2.98. The SMILES string of the molecule is O=C(O)C1CCC(Cn2ccc3ccc(Cl)cc32)O1. The van der Waals surface area contributed by atoms with E-state index in [1.807, 2.05) is 30.5 Å². The molecule has 100 valence electrons. The van der Waals surface area contributed by atoms with E-state index in [0.717, 1.165) is 17.3 Å². The molecule has 2 heterocycles. The van der Waals surface area contributed by atoms with E-state index in [4.69, 9.17) is 21.4 Å². The highest BCUT2D eigenvalue weighted by atomic mass is 35.5. The molecule has 0 amide bonds. The molecule has 1 N–H and O–H groups in total. The highest BCUT2D eigenvalue weighted by molar-refractivity contribution is 6.31. The molecule has 1 fully saturated rings. The van der Waals surface area contributed by atoms with Crippen molar-refractivity contribution < 1.29 is 14.6 Å². The Labute approximate surface area is 115 Å². The van der Waals surface area contributed by atoms with E-state index in [0.29, 0.717) is 18.0 Å². The summed E-state index contributed by atoms with van der Waals surface area (Å²) in [5.74, 6) is -0.872. The molecule has 0 radical (unpaired) electrons. The monoisotopic (exact) mass is 279 g/mol. The van der Waals surface area contributed by atoms with Crippen LogP contribution in [0.1, 0.15) is 12.8 Å². The fourth-order valence-electron chi connectivity index (χ4n) is 2.56. The summed E-state index contributed by atoms with van der Waals surface area (Å²) in [4.78, 5) is 10.9. The second-order valence-electron chi connectivity index (χ2n) is 4.83. The Morgan fingerprint density at radius 2 is 2.26 bits per heavy atom. The van der Waals surface area contributed by atoms with Crippen LogP contribution in [0.4, 0.5) is 0 Å². The van der Waals surface area contributed by atoms with Crippen LogP contribution in [0.5, 0.6) is 0 Å². The Kier molecular flexibility index (Phi) is 3.21. The van der Waals surface area contributed by atoms with Gasteiger partial charge in [-0.2, -0.15) is 0 Å². The lowest BCUT2D eigenvalue weighted by molar-refractivity contribution is -0.149. The highest BCUT2D eigenvalue weighted by Gasteiger charge is 2.30. The van der Waals surface area contributed by atoms with E-state index < -0.39 is 12.1 Å². The van der Waals surface area contributed by atoms with Gasteiger partial charge in [0.05, 0.1) is 6.10 Å². The molecule has 2 atom stereocenters. The molecule has 4 nitrogen and oxygen atoms in total. The molecule has 1 aromatic carbocycles. The summed E-state index contributed by atoms with van der Waals surface area (Å²) in [6.45, 7) is 0.660. The molecule has 19 heavy (non-hydrogen) atoms. The molecular weight excluding hydrogens is 266 g/mol. The molecule has 3 rings (SSSR count). The Bertz CT molecular complexity index is 622. The quantitative estimate of drug-likeness (QED) is 0.940. The lowest BCUT2D eigenvalue weighted by atomic mass is 10.2. The van der Waals surface area contributed by atoms with Crippen molar-refractivity contribution >= 4 is 28.5 Å². The van der Waals surface area contributed by atoms with Crippen LogP contribution in [-0.4, -0.2) is 27.9 Å². The van der Waals surface area contributed by atoms with Crippen molar-refractivity contribution in [1.29, 1.82) is 0 Å². The molecule has 2 aromatic rings. The van der Waals surface area contributed by atoms with Crippen molar-refractivity contribution in [2.75, 3.05) is 0 Å². The standard InChI is InChI=1S/C14H14ClNO3/c15-10-2-1-9-5-6-16(12(9)7-10)8-11-3-4-13(19-11)14(17)18/h1-2,5-7,11,13H,3-4,8H2,(H,17,18). The maximum Gasteiger partial charge on any atom is 0.332 e. The fraction of sp³-hybridized carbons (Fsp3) is 0.357. The number of carbonyl (C=O) groups is 1. The summed E-state index contributed by atoms with van der Waals surface area (Å²) < 4.78 is 7.59. The number of carboxylic acids is 1. The van der Waals surface area contributed by atoms with Gasteiger partial charge in [-0.15, -0.1) is 0 Å². The highest BCUT2D eigenvalue weighted by Crippen LogP contribution is 2.25. The lowest BCUT2D eigenvalue weighted by Gasteiger charge is -2.13. The van der Waals surface area contributed by atoms with Crippen molar-refractivity contribution in [3.63, 3.8) is 0 Å². The number of hydrogen-bond acceptors (Lipinski definition) is 2. The van der Waals surface area contributed by atoms with Gasteiger partial charge in [0.1, 0.15) is 0 Å². The number of fused-ring (bicyclic) bond motifs is 1. The number of aliphatic carboxylic acids is 1. The van der Waals surface area contributed by atoms with Crippen molar-refractivity contribution in [3.05, 3.63) is 35.5 Å². The molecule has 1 aliphatic rings. The smallest absolute Gasteiger partial charge is 0.332 e. The van der Waals surface area contributed by atoms with Gasteiger partial charge < -0.3 is 14.4 Å². The Balaban J connectivity index is 1.79. The maximum atomic E-state index is 10.9. The first-order valence-electron chi connectivity index (χ1n) is 6.26. The number of benzene rings is 1. The van der Waals surface area contributed by atoms with Crippen LogP contribution < -0.4 is 0 Å². The average molecular weight is 280 g/mol. The lowest BCUT2D eigenvalue weighted by Crippen LogP contribution is -2.22. The second-order valence-corrected chi connectivity index (χ2v) is 5.27. The van der Waals surface area contributed by atoms with Crippen molar-refractivity contribution in [2.45, 2.75) is 31.6 Å². The summed E-state index contributed by atoms with van der Waals surface area (Å²) in [5.41, 5.74) is 1.05. The molecule has 0 bridgehead atoms. The van der Waals surface area contributed by atoms with E-state index in [9.17, 15) is 4.79 Å². The van der Waals surface area contributed by atoms with Gasteiger partial charge in [0.2, 0.25) is 0 Å². The van der Waals surface area contributed by atoms with Gasteiger partial charge in [0.15, 0.2) is 6.10 Å². The zero-order valence-electron chi connectivity index (χ0n) is 10.3. The van der Waals surface area contributed by atoms with E-state index in [1.54, 1.807) is 0 Å². The third kappa shape index (κ3) is 2.46. The van der Waals surface area contributed by atoms with Crippen LogP contribution >= 0.6 is 11.6 Å². The number of nitrogens with zero attached hydrogens (tertiary/aromatic N) is 1. The van der Waals surface area contributed by atoms with Gasteiger partial charge in [-0.05, 0) is 36.4 Å². The van der Waals surface area contributed by atoms with Crippen LogP contribution in [0.25, 0.3) is 10.9 Å². The largest absolute Gasteiger partial charge is 0.479 e. The van der Waals surface area contributed by atoms with Crippen LogP contribution in [0.2, 0.25) is 5.02 Å². The summed E-state index contributed by atoms with van der Waals surface area (Å²) in [5, 5.41) is 10.7. The zero-order valence-corrected chi connectivity index (χ0v) is 11.0. The third-order valence-corrected chi connectivity index (χ3v) is 3.75. The second kappa shape index (κ2) is 4.87. The van der Waals surface area contributed by atoms with Gasteiger partial charge in [0, 0.05) is 23.3 Å². The molecule has 1 aromatic heterocycles. The Morgan fingerprint density at radius 3 is 3.00 bits per heavy atom. The molecule has 5 heteroatoms. The number of aromatic nitrogens is 1. The number of rotatable bonds is 3. The zero-order chi connectivity index (χ0) is 13.4. The molecular formula is C14H14ClNO3. The van der Waals surface area contributed by atoms with Crippen molar-refractivity contribution in [3.8, 4) is 0 Å². The van der Waals surface area contributed by atoms with E-state index in [1.165, 1.54) is 0 Å². The van der Waals surface area contributed by atoms with Crippen LogP contribution in [0.3, 0.4) is 0 Å². The minimum atomic E-state index is -0.872. The minimum absolute atomic E-state index is 0.0457. The van der Waals surface area contributed by atoms with Gasteiger partial charge in [0.25, 0.3) is 0 Å². The first kappa shape index (κ1) is 12.5. The molecule has 2 unspecified atom stereocenters. The van der Waals surface area contributed by atoms with Gasteiger partial charge in [-0.25, -0.2) is 4.79 Å². The van der Waals surface area contributed by atoms with Crippen LogP contribution in [0, 0.1) is 0 Å². The number of halogens is 1. The number of hydrogen-bond donors (Lipinski definition) is 1. The van der Waals surface area contributed by atoms with Gasteiger partial charge >= 0.3 is 5.97 Å². The minimum Gasteiger partial charge on any atom is -0.479 e. The van der Waals surface area contributed by atoms with E-state index in [-0.39, 0.29) is 6.10 Å². The summed E-state index contributed by atoms with van der Waals surface area (Å²) in [7, 11) is 0. The topological polar surface area (TPSA) is 51.5 Å². The summed E-state index contributed by atoms with van der Waals surface area (Å²) >= 11 is 6.01.